The number of aryl methyl sites for hydroxylation is 2. The molecule has 0 amide bonds. The first-order valence-corrected chi connectivity index (χ1v) is 6.51. The Morgan fingerprint density at radius 1 is 1.25 bits per heavy atom. The highest BCUT2D eigenvalue weighted by molar-refractivity contribution is 5.99. The number of nitrogens with zero attached hydrogens (tertiary/aromatic N) is 1. The second-order valence-electron chi connectivity index (χ2n) is 5.36. The van der Waals surface area contributed by atoms with Gasteiger partial charge in [-0.3, -0.25) is 9.69 Å². The smallest absolute Gasteiger partial charge is 0.293 e. The lowest BCUT2D eigenvalue weighted by Crippen LogP contribution is -2.42. The fourth-order valence-electron chi connectivity index (χ4n) is 1.96. The molecule has 0 heterocycles. The van der Waals surface area contributed by atoms with Crippen LogP contribution in [0.2, 0.25) is 0 Å². The number of halogens is 3. The molecular weight excluding hydrogens is 267 g/mol. The van der Waals surface area contributed by atoms with Gasteiger partial charge < -0.3 is 0 Å². The summed E-state index contributed by atoms with van der Waals surface area (Å²) in [5.41, 5.74) is 2.21. The van der Waals surface area contributed by atoms with E-state index in [1.165, 1.54) is 0 Å². The minimum absolute atomic E-state index is 0.221. The van der Waals surface area contributed by atoms with Crippen LogP contribution < -0.4 is 0 Å². The molecule has 5 heteroatoms. The molecule has 0 radical (unpaired) electrons. The van der Waals surface area contributed by atoms with Crippen LogP contribution in [-0.4, -0.2) is 36.0 Å². The Hall–Kier alpha value is -1.36. The van der Waals surface area contributed by atoms with E-state index in [1.807, 2.05) is 19.1 Å². The zero-order valence-electron chi connectivity index (χ0n) is 12.2. The Bertz CT molecular complexity index is 480. The lowest BCUT2D eigenvalue weighted by molar-refractivity contribution is -0.148. The maximum absolute atomic E-state index is 12.5. The van der Waals surface area contributed by atoms with Crippen LogP contribution >= 0.6 is 0 Å². The summed E-state index contributed by atoms with van der Waals surface area (Å²) in [5, 5.41) is 0. The molecule has 0 aliphatic rings. The topological polar surface area (TPSA) is 20.3 Å². The van der Waals surface area contributed by atoms with Crippen molar-refractivity contribution in [2.24, 2.45) is 0 Å². The molecule has 0 aliphatic heterocycles. The number of benzene rings is 1. The number of alkyl halides is 3. The summed E-state index contributed by atoms with van der Waals surface area (Å²) < 4.78 is 37.5. The third kappa shape index (κ3) is 4.96. The summed E-state index contributed by atoms with van der Waals surface area (Å²) in [6.45, 7) is 5.66. The molecule has 0 bridgehead atoms. The van der Waals surface area contributed by atoms with E-state index in [2.05, 4.69) is 0 Å². The van der Waals surface area contributed by atoms with Gasteiger partial charge in [0.05, 0.1) is 13.1 Å². The van der Waals surface area contributed by atoms with Crippen molar-refractivity contribution in [3.05, 3.63) is 34.9 Å². The number of hydrogen-bond acceptors (Lipinski definition) is 2. The van der Waals surface area contributed by atoms with Gasteiger partial charge in [0.25, 0.3) is 0 Å². The summed E-state index contributed by atoms with van der Waals surface area (Å²) in [5.74, 6) is -0.274. The van der Waals surface area contributed by atoms with Crippen LogP contribution in [0.4, 0.5) is 13.2 Å². The fraction of sp³-hybridized carbons (Fsp3) is 0.533. The van der Waals surface area contributed by atoms with Gasteiger partial charge >= 0.3 is 6.18 Å². The minimum atomic E-state index is -4.30. The van der Waals surface area contributed by atoms with Crippen molar-refractivity contribution >= 4 is 5.78 Å². The molecular formula is C15H20F3NO. The highest BCUT2D eigenvalue weighted by atomic mass is 19.4. The van der Waals surface area contributed by atoms with Crippen LogP contribution in [-0.2, 0) is 0 Å². The molecule has 20 heavy (non-hydrogen) atoms. The van der Waals surface area contributed by atoms with Crippen molar-refractivity contribution in [1.29, 1.82) is 0 Å². The molecule has 0 saturated carbocycles. The molecule has 1 aromatic rings. The van der Waals surface area contributed by atoms with Crippen LogP contribution in [0.3, 0.4) is 0 Å². The number of Topliss-reactive ketones (excluding diaryl/α,β-unsaturated/α-hetero) is 1. The first-order chi connectivity index (χ1) is 9.10. The van der Waals surface area contributed by atoms with Crippen LogP contribution in [0.15, 0.2) is 18.2 Å². The zero-order valence-corrected chi connectivity index (χ0v) is 12.2. The van der Waals surface area contributed by atoms with Crippen molar-refractivity contribution in [1.82, 2.24) is 4.90 Å². The highest BCUT2D eigenvalue weighted by Crippen LogP contribution is 2.19. The lowest BCUT2D eigenvalue weighted by atomic mass is 10.0. The molecule has 0 saturated heterocycles. The van der Waals surface area contributed by atoms with E-state index in [1.54, 1.807) is 26.8 Å². The quantitative estimate of drug-likeness (QED) is 0.769. The molecule has 0 fully saturated rings. The van der Waals surface area contributed by atoms with Gasteiger partial charge in [-0.2, -0.15) is 13.2 Å². The highest BCUT2D eigenvalue weighted by Gasteiger charge is 2.32. The Kier molecular flexibility index (Phi) is 5.34. The Labute approximate surface area is 117 Å². The van der Waals surface area contributed by atoms with Crippen LogP contribution in [0.25, 0.3) is 0 Å². The third-order valence-electron chi connectivity index (χ3n) is 3.15. The van der Waals surface area contributed by atoms with Gasteiger partial charge in [-0.15, -0.1) is 0 Å². The summed E-state index contributed by atoms with van der Waals surface area (Å²) in [6.07, 6.45) is -4.30. The molecule has 0 atom stereocenters. The molecule has 0 unspecified atom stereocenters. The molecule has 1 aromatic carbocycles. The Morgan fingerprint density at radius 2 is 1.85 bits per heavy atom. The molecule has 0 N–H and O–H groups in total. The average Bonchev–Trinajstić information content (AvgIpc) is 2.29. The van der Waals surface area contributed by atoms with Crippen molar-refractivity contribution in [2.45, 2.75) is 39.9 Å². The number of rotatable bonds is 5. The van der Waals surface area contributed by atoms with Gasteiger partial charge in [-0.1, -0.05) is 17.7 Å². The number of ketones is 1. The summed E-state index contributed by atoms with van der Waals surface area (Å²) in [7, 11) is 0. The maximum Gasteiger partial charge on any atom is 0.401 e. The number of carbonyl (C=O) groups is 1. The zero-order chi connectivity index (χ0) is 15.5. The SMILES string of the molecule is Cc1ccc(C)c(C(=O)CN(CC(F)(F)F)C(C)C)c1. The first-order valence-electron chi connectivity index (χ1n) is 6.51. The molecule has 0 aromatic heterocycles. The normalized spacial score (nSPS) is 12.2. The van der Waals surface area contributed by atoms with Crippen molar-refractivity contribution < 1.29 is 18.0 Å². The minimum Gasteiger partial charge on any atom is -0.293 e. The number of carbonyl (C=O) groups excluding carboxylic acids is 1. The van der Waals surface area contributed by atoms with Crippen LogP contribution in [0.5, 0.6) is 0 Å². The summed E-state index contributed by atoms with van der Waals surface area (Å²) in [6, 6.07) is 5.07. The van der Waals surface area contributed by atoms with Gasteiger partial charge in [-0.25, -0.2) is 0 Å². The average molecular weight is 287 g/mol. The number of hydrogen-bond donors (Lipinski definition) is 0. The second kappa shape index (κ2) is 6.39. The Morgan fingerprint density at radius 3 is 2.35 bits per heavy atom. The van der Waals surface area contributed by atoms with E-state index in [4.69, 9.17) is 0 Å². The van der Waals surface area contributed by atoms with E-state index in [0.29, 0.717) is 5.56 Å². The van der Waals surface area contributed by atoms with E-state index in [9.17, 15) is 18.0 Å². The van der Waals surface area contributed by atoms with Gasteiger partial charge in [-0.05, 0) is 39.3 Å². The predicted molar refractivity (Wildman–Crippen MR) is 73.0 cm³/mol. The molecule has 2 nitrogen and oxygen atoms in total. The first kappa shape index (κ1) is 16.7. The molecule has 1 rings (SSSR count). The molecule has 0 spiro atoms. The summed E-state index contributed by atoms with van der Waals surface area (Å²) in [4.78, 5) is 13.4. The largest absolute Gasteiger partial charge is 0.401 e. The van der Waals surface area contributed by atoms with Crippen LogP contribution in [0, 0.1) is 13.8 Å². The standard InChI is InChI=1S/C15H20F3NO/c1-10(2)19(9-15(16,17)18)8-14(20)13-7-11(3)5-6-12(13)4/h5-7,10H,8-9H2,1-4H3. The van der Waals surface area contributed by atoms with Gasteiger partial charge in [0, 0.05) is 11.6 Å². The van der Waals surface area contributed by atoms with E-state index in [0.717, 1.165) is 16.0 Å². The monoisotopic (exact) mass is 287 g/mol. The Balaban J connectivity index is 2.88. The van der Waals surface area contributed by atoms with Crippen molar-refractivity contribution in [3.8, 4) is 0 Å². The second-order valence-corrected chi connectivity index (χ2v) is 5.36. The van der Waals surface area contributed by atoms with Crippen molar-refractivity contribution in [2.75, 3.05) is 13.1 Å². The van der Waals surface area contributed by atoms with Crippen molar-refractivity contribution in [3.63, 3.8) is 0 Å². The molecule has 112 valence electrons. The van der Waals surface area contributed by atoms with Gasteiger partial charge in [0.1, 0.15) is 0 Å². The van der Waals surface area contributed by atoms with Gasteiger partial charge in [0.15, 0.2) is 5.78 Å². The van der Waals surface area contributed by atoms with Crippen LogP contribution in [0.1, 0.15) is 35.3 Å². The fourth-order valence-corrected chi connectivity index (χ4v) is 1.96. The van der Waals surface area contributed by atoms with E-state index >= 15 is 0 Å². The molecule has 0 aliphatic carbocycles. The predicted octanol–water partition coefficient (Wildman–Crippen LogP) is 3.76. The third-order valence-corrected chi connectivity index (χ3v) is 3.15. The summed E-state index contributed by atoms with van der Waals surface area (Å²) >= 11 is 0. The maximum atomic E-state index is 12.5. The lowest BCUT2D eigenvalue weighted by Gasteiger charge is -2.26. The van der Waals surface area contributed by atoms with E-state index < -0.39 is 12.7 Å². The van der Waals surface area contributed by atoms with Gasteiger partial charge in [0.2, 0.25) is 0 Å². The van der Waals surface area contributed by atoms with E-state index in [-0.39, 0.29) is 18.4 Å².